The molecule has 6 nitrogen and oxygen atoms in total. The monoisotopic (exact) mass is 419 g/mol. The van der Waals surface area contributed by atoms with Gasteiger partial charge < -0.3 is 14.6 Å². The first-order chi connectivity index (χ1) is 14.9. The summed E-state index contributed by atoms with van der Waals surface area (Å²) in [5.41, 5.74) is 0.897. The number of benzene rings is 2. The average molecular weight is 419 g/mol. The molecular formula is C25H25NO5. The highest BCUT2D eigenvalue weighted by molar-refractivity contribution is 6.24. The highest BCUT2D eigenvalue weighted by atomic mass is 16.5. The number of hydrogen-bond acceptors (Lipinski definition) is 5. The van der Waals surface area contributed by atoms with Crippen molar-refractivity contribution in [2.24, 2.45) is 11.3 Å². The summed E-state index contributed by atoms with van der Waals surface area (Å²) < 4.78 is 11.1. The maximum absolute atomic E-state index is 13.9. The highest BCUT2D eigenvalue weighted by Gasteiger charge is 2.62. The Morgan fingerprint density at radius 3 is 2.29 bits per heavy atom. The van der Waals surface area contributed by atoms with Crippen LogP contribution in [0.5, 0.6) is 17.2 Å². The minimum absolute atomic E-state index is 0.0150. The molecule has 2 amide bonds. The van der Waals surface area contributed by atoms with Gasteiger partial charge in [0.1, 0.15) is 17.2 Å². The minimum Gasteiger partial charge on any atom is -0.508 e. The van der Waals surface area contributed by atoms with Gasteiger partial charge in [-0.2, -0.15) is 0 Å². The van der Waals surface area contributed by atoms with Gasteiger partial charge in [0, 0.05) is 23.6 Å². The first-order valence-electron chi connectivity index (χ1n) is 10.1. The number of anilines is 1. The van der Waals surface area contributed by atoms with Crippen LogP contribution in [0.25, 0.3) is 0 Å². The molecule has 1 aliphatic heterocycles. The normalized spacial score (nSPS) is 25.1. The number of phenols is 1. The van der Waals surface area contributed by atoms with E-state index >= 15 is 0 Å². The molecule has 0 saturated carbocycles. The Balaban J connectivity index is 1.96. The minimum atomic E-state index is -1.08. The Morgan fingerprint density at radius 2 is 1.74 bits per heavy atom. The second-order valence-electron chi connectivity index (χ2n) is 7.99. The summed E-state index contributed by atoms with van der Waals surface area (Å²) in [4.78, 5) is 28.6. The van der Waals surface area contributed by atoms with Crippen molar-refractivity contribution < 1.29 is 24.2 Å². The SMILES string of the molecule is C=CC1=CC[C@H]2C(=O)N(c3ccccc3)C(=O)[C@@]2(C)[C@H]1c1c(OC)cc(O)cc1OC. The van der Waals surface area contributed by atoms with Gasteiger partial charge in [0.15, 0.2) is 0 Å². The zero-order valence-corrected chi connectivity index (χ0v) is 17.8. The van der Waals surface area contributed by atoms with Crippen molar-refractivity contribution in [1.29, 1.82) is 0 Å². The number of ether oxygens (including phenoxy) is 2. The van der Waals surface area contributed by atoms with E-state index in [9.17, 15) is 14.7 Å². The molecule has 160 valence electrons. The molecular weight excluding hydrogens is 394 g/mol. The molecule has 2 aromatic rings. The van der Waals surface area contributed by atoms with Crippen LogP contribution in [0, 0.1) is 11.3 Å². The quantitative estimate of drug-likeness (QED) is 0.735. The number of amides is 2. The third kappa shape index (κ3) is 2.93. The molecule has 0 radical (unpaired) electrons. The van der Waals surface area contributed by atoms with Gasteiger partial charge in [-0.1, -0.05) is 36.9 Å². The first-order valence-corrected chi connectivity index (χ1v) is 10.1. The number of imide groups is 1. The molecule has 0 bridgehead atoms. The number of rotatable bonds is 5. The van der Waals surface area contributed by atoms with Gasteiger partial charge in [0.2, 0.25) is 11.8 Å². The summed E-state index contributed by atoms with van der Waals surface area (Å²) in [5.74, 6) is -0.830. The van der Waals surface area contributed by atoms with E-state index < -0.39 is 17.3 Å². The molecule has 6 heteroatoms. The number of fused-ring (bicyclic) bond motifs is 1. The summed E-state index contributed by atoms with van der Waals surface area (Å²) in [6.45, 7) is 5.77. The molecule has 2 aromatic carbocycles. The van der Waals surface area contributed by atoms with Crippen molar-refractivity contribution in [2.75, 3.05) is 19.1 Å². The number of nitrogens with zero attached hydrogens (tertiary/aromatic N) is 1. The molecule has 1 N–H and O–H groups in total. The van der Waals surface area contributed by atoms with Gasteiger partial charge in [-0.25, -0.2) is 4.90 Å². The molecule has 2 aliphatic rings. The highest BCUT2D eigenvalue weighted by Crippen LogP contribution is 2.59. The molecule has 0 aromatic heterocycles. The fourth-order valence-electron chi connectivity index (χ4n) is 4.99. The molecule has 1 aliphatic carbocycles. The zero-order chi connectivity index (χ0) is 22.3. The average Bonchev–Trinajstić information content (AvgIpc) is 2.98. The van der Waals surface area contributed by atoms with E-state index in [4.69, 9.17) is 9.47 Å². The van der Waals surface area contributed by atoms with Crippen molar-refractivity contribution in [3.63, 3.8) is 0 Å². The fourth-order valence-corrected chi connectivity index (χ4v) is 4.99. The predicted octanol–water partition coefficient (Wildman–Crippen LogP) is 4.21. The molecule has 1 saturated heterocycles. The van der Waals surface area contributed by atoms with Crippen LogP contribution in [-0.2, 0) is 9.59 Å². The zero-order valence-electron chi connectivity index (χ0n) is 17.8. The third-order valence-corrected chi connectivity index (χ3v) is 6.50. The van der Waals surface area contributed by atoms with Crippen LogP contribution in [-0.4, -0.2) is 31.1 Å². The first kappa shape index (κ1) is 20.7. The molecule has 1 heterocycles. The molecule has 3 atom stereocenters. The lowest BCUT2D eigenvalue weighted by Gasteiger charge is -2.40. The number of phenolic OH excluding ortho intramolecular Hbond substituents is 1. The van der Waals surface area contributed by atoms with Gasteiger partial charge in [0.05, 0.1) is 31.2 Å². The van der Waals surface area contributed by atoms with Crippen LogP contribution in [0.2, 0.25) is 0 Å². The summed E-state index contributed by atoms with van der Waals surface area (Å²) >= 11 is 0. The molecule has 31 heavy (non-hydrogen) atoms. The summed E-state index contributed by atoms with van der Waals surface area (Å²) in [5, 5.41) is 10.1. The Kier molecular flexibility index (Phi) is 5.09. The topological polar surface area (TPSA) is 76.1 Å². The maximum Gasteiger partial charge on any atom is 0.241 e. The Morgan fingerprint density at radius 1 is 1.13 bits per heavy atom. The van der Waals surface area contributed by atoms with Crippen LogP contribution >= 0.6 is 0 Å². The van der Waals surface area contributed by atoms with E-state index in [1.54, 1.807) is 30.3 Å². The largest absolute Gasteiger partial charge is 0.508 e. The Bertz CT molecular complexity index is 1070. The lowest BCUT2D eigenvalue weighted by molar-refractivity contribution is -0.127. The lowest BCUT2D eigenvalue weighted by Crippen LogP contribution is -2.42. The number of carbonyl (C=O) groups is 2. The van der Waals surface area contributed by atoms with Gasteiger partial charge >= 0.3 is 0 Å². The van der Waals surface area contributed by atoms with Crippen LogP contribution < -0.4 is 14.4 Å². The van der Waals surface area contributed by atoms with Crippen molar-refractivity contribution >= 4 is 17.5 Å². The van der Waals surface area contributed by atoms with Crippen molar-refractivity contribution in [2.45, 2.75) is 19.3 Å². The number of para-hydroxylation sites is 1. The maximum atomic E-state index is 13.9. The Labute approximate surface area is 181 Å². The van der Waals surface area contributed by atoms with Crippen LogP contribution in [0.15, 0.2) is 66.8 Å². The van der Waals surface area contributed by atoms with Crippen LogP contribution in [0.1, 0.15) is 24.8 Å². The van der Waals surface area contributed by atoms with Gasteiger partial charge in [-0.3, -0.25) is 9.59 Å². The summed E-state index contributed by atoms with van der Waals surface area (Å²) in [6, 6.07) is 11.9. The van der Waals surface area contributed by atoms with E-state index in [-0.39, 0.29) is 17.6 Å². The van der Waals surface area contributed by atoms with Gasteiger partial charge in [-0.15, -0.1) is 0 Å². The second-order valence-corrected chi connectivity index (χ2v) is 7.99. The van der Waals surface area contributed by atoms with Crippen molar-refractivity contribution in [3.05, 3.63) is 72.3 Å². The standard InChI is InChI=1S/C25H25NO5/c1-5-15-11-12-18-23(28)26(16-9-7-6-8-10-16)24(29)25(18,2)22(15)21-19(30-3)13-17(27)14-20(21)31-4/h5-11,13-14,18,22,27H,1,12H2,2-4H3/t18-,22+,25+/m0/s1. The number of carbonyl (C=O) groups excluding carboxylic acids is 2. The molecule has 4 rings (SSSR count). The lowest BCUT2D eigenvalue weighted by atomic mass is 9.59. The van der Waals surface area contributed by atoms with E-state index in [1.165, 1.54) is 31.3 Å². The van der Waals surface area contributed by atoms with E-state index in [0.717, 1.165) is 5.57 Å². The predicted molar refractivity (Wildman–Crippen MR) is 117 cm³/mol. The Hall–Kier alpha value is -3.54. The smallest absolute Gasteiger partial charge is 0.241 e. The van der Waals surface area contributed by atoms with Crippen molar-refractivity contribution in [3.8, 4) is 17.2 Å². The van der Waals surface area contributed by atoms with E-state index in [2.05, 4.69) is 6.58 Å². The number of methoxy groups -OCH3 is 2. The number of hydrogen-bond donors (Lipinski definition) is 1. The molecule has 1 fully saturated rings. The van der Waals surface area contributed by atoms with Crippen LogP contribution in [0.4, 0.5) is 5.69 Å². The fraction of sp³-hybridized carbons (Fsp3) is 0.280. The number of aromatic hydroxyl groups is 1. The van der Waals surface area contributed by atoms with Crippen molar-refractivity contribution in [1.82, 2.24) is 0 Å². The summed E-state index contributed by atoms with van der Waals surface area (Å²) in [6.07, 6.45) is 4.10. The van der Waals surface area contributed by atoms with E-state index in [1.807, 2.05) is 19.1 Å². The van der Waals surface area contributed by atoms with E-state index in [0.29, 0.717) is 29.2 Å². The number of allylic oxidation sites excluding steroid dienone is 3. The third-order valence-electron chi connectivity index (χ3n) is 6.50. The summed E-state index contributed by atoms with van der Waals surface area (Å²) in [7, 11) is 2.99. The van der Waals surface area contributed by atoms with Gasteiger partial charge in [-0.05, 0) is 31.1 Å². The van der Waals surface area contributed by atoms with Crippen LogP contribution in [0.3, 0.4) is 0 Å². The molecule has 0 spiro atoms. The second kappa shape index (κ2) is 7.61. The van der Waals surface area contributed by atoms with Gasteiger partial charge in [0.25, 0.3) is 0 Å². The molecule has 0 unspecified atom stereocenters.